The van der Waals surface area contributed by atoms with Gasteiger partial charge < -0.3 is 14.8 Å². The van der Waals surface area contributed by atoms with Crippen LogP contribution in [-0.2, 0) is 9.53 Å². The first-order valence-electron chi connectivity index (χ1n) is 8.20. The fraction of sp³-hybridized carbons (Fsp3) is 0.200. The quantitative estimate of drug-likeness (QED) is 0.840. The monoisotopic (exact) mass is 350 g/mol. The lowest BCUT2D eigenvalue weighted by molar-refractivity contribution is -0.122. The van der Waals surface area contributed by atoms with Gasteiger partial charge in [-0.25, -0.2) is 4.79 Å². The van der Waals surface area contributed by atoms with Gasteiger partial charge >= 0.3 is 6.09 Å². The Hall–Kier alpha value is -3.46. The van der Waals surface area contributed by atoms with Crippen molar-refractivity contribution in [3.05, 3.63) is 60.2 Å². The Morgan fingerprint density at radius 1 is 1.15 bits per heavy atom. The number of carbonyl (C=O) groups excluding carboxylic acids is 2. The molecule has 132 valence electrons. The predicted octanol–water partition coefficient (Wildman–Crippen LogP) is 2.19. The molecule has 6 nitrogen and oxygen atoms in total. The average Bonchev–Trinajstić information content (AvgIpc) is 3.11. The molecule has 0 bridgehead atoms. The fourth-order valence-electron chi connectivity index (χ4n) is 2.36. The normalized spacial score (nSPS) is 12.8. The van der Waals surface area contributed by atoms with E-state index in [2.05, 4.69) is 17.2 Å². The zero-order valence-corrected chi connectivity index (χ0v) is 14.1. The van der Waals surface area contributed by atoms with E-state index >= 15 is 0 Å². The number of carbonyl (C=O) groups is 2. The summed E-state index contributed by atoms with van der Waals surface area (Å²) in [6.45, 7) is 1.15. The highest BCUT2D eigenvalue weighted by atomic mass is 16.6. The van der Waals surface area contributed by atoms with Crippen molar-refractivity contribution in [3.63, 3.8) is 0 Å². The molecule has 1 heterocycles. The van der Waals surface area contributed by atoms with Crippen LogP contribution in [0, 0.1) is 11.8 Å². The number of anilines is 1. The van der Waals surface area contributed by atoms with Gasteiger partial charge in [-0.2, -0.15) is 0 Å². The van der Waals surface area contributed by atoms with Crippen LogP contribution in [0.3, 0.4) is 0 Å². The van der Waals surface area contributed by atoms with Crippen LogP contribution in [0.25, 0.3) is 0 Å². The van der Waals surface area contributed by atoms with Crippen LogP contribution in [-0.4, -0.2) is 38.3 Å². The molecular weight excluding hydrogens is 332 g/mol. The standard InChI is InChI=1S/C20H18N2O4/c23-19(15-26-18-6-2-1-3-7-18)21-12-4-5-16-8-10-17(11-9-16)22-13-14-25-20(22)24/h1-3,6-11H,12-15H2,(H,21,23). The summed E-state index contributed by atoms with van der Waals surface area (Å²) in [5.41, 5.74) is 1.58. The van der Waals surface area contributed by atoms with Crippen LogP contribution in [0.2, 0.25) is 0 Å². The van der Waals surface area contributed by atoms with Gasteiger partial charge in [-0.3, -0.25) is 9.69 Å². The van der Waals surface area contributed by atoms with Crippen LogP contribution in [0.15, 0.2) is 54.6 Å². The highest BCUT2D eigenvalue weighted by molar-refractivity contribution is 5.89. The topological polar surface area (TPSA) is 67.9 Å². The van der Waals surface area contributed by atoms with Crippen molar-refractivity contribution < 1.29 is 19.1 Å². The van der Waals surface area contributed by atoms with Crippen LogP contribution in [0.1, 0.15) is 5.56 Å². The number of ether oxygens (including phenoxy) is 2. The summed E-state index contributed by atoms with van der Waals surface area (Å²) >= 11 is 0. The second-order valence-corrected chi connectivity index (χ2v) is 5.49. The highest BCUT2D eigenvalue weighted by Gasteiger charge is 2.23. The van der Waals surface area contributed by atoms with E-state index < -0.39 is 0 Å². The molecule has 26 heavy (non-hydrogen) atoms. The summed E-state index contributed by atoms with van der Waals surface area (Å²) in [6.07, 6.45) is -0.329. The molecule has 6 heteroatoms. The van der Waals surface area contributed by atoms with Crippen molar-refractivity contribution >= 4 is 17.7 Å². The summed E-state index contributed by atoms with van der Waals surface area (Å²) in [5.74, 6) is 6.27. The minimum Gasteiger partial charge on any atom is -0.484 e. The SMILES string of the molecule is O=C(COc1ccccc1)NCC#Cc1ccc(N2CCOC2=O)cc1. The smallest absolute Gasteiger partial charge is 0.414 e. The molecule has 2 amide bonds. The Morgan fingerprint density at radius 2 is 1.92 bits per heavy atom. The summed E-state index contributed by atoms with van der Waals surface area (Å²) in [6, 6.07) is 16.4. The number of amides is 2. The second kappa shape index (κ2) is 8.58. The van der Waals surface area contributed by atoms with Gasteiger partial charge in [0.15, 0.2) is 6.61 Å². The molecule has 1 fully saturated rings. The molecule has 0 aliphatic carbocycles. The number of rotatable bonds is 5. The summed E-state index contributed by atoms with van der Waals surface area (Å²) in [7, 11) is 0. The Kier molecular flexibility index (Phi) is 5.73. The van der Waals surface area contributed by atoms with Gasteiger partial charge in [-0.05, 0) is 36.4 Å². The third-order valence-corrected chi connectivity index (χ3v) is 3.66. The molecule has 1 aliphatic rings. The second-order valence-electron chi connectivity index (χ2n) is 5.49. The van der Waals surface area contributed by atoms with E-state index in [0.717, 1.165) is 11.3 Å². The average molecular weight is 350 g/mol. The molecule has 0 aromatic heterocycles. The minimum atomic E-state index is -0.329. The lowest BCUT2D eigenvalue weighted by Gasteiger charge is -2.11. The number of nitrogens with zero attached hydrogens (tertiary/aromatic N) is 1. The molecule has 1 aliphatic heterocycles. The molecule has 3 rings (SSSR count). The summed E-state index contributed by atoms with van der Waals surface area (Å²) in [5, 5.41) is 2.68. The van der Waals surface area contributed by atoms with Gasteiger partial charge in [0.2, 0.25) is 0 Å². The maximum Gasteiger partial charge on any atom is 0.414 e. The number of nitrogens with one attached hydrogen (secondary N) is 1. The Balaban J connectivity index is 1.43. The van der Waals surface area contributed by atoms with Gasteiger partial charge in [-0.1, -0.05) is 30.0 Å². The van der Waals surface area contributed by atoms with Crippen molar-refractivity contribution in [1.29, 1.82) is 0 Å². The van der Waals surface area contributed by atoms with Crippen LogP contribution in [0.5, 0.6) is 5.75 Å². The Bertz CT molecular complexity index is 822. The Labute approximate surface area is 151 Å². The molecule has 0 saturated carbocycles. The number of hydrogen-bond acceptors (Lipinski definition) is 4. The van der Waals surface area contributed by atoms with Crippen LogP contribution >= 0.6 is 0 Å². The molecule has 2 aromatic rings. The van der Waals surface area contributed by atoms with E-state index in [1.807, 2.05) is 42.5 Å². The van der Waals surface area contributed by atoms with Gasteiger partial charge in [0, 0.05) is 11.3 Å². The minimum absolute atomic E-state index is 0.0493. The lowest BCUT2D eigenvalue weighted by atomic mass is 10.2. The highest BCUT2D eigenvalue weighted by Crippen LogP contribution is 2.18. The first-order valence-corrected chi connectivity index (χ1v) is 8.20. The van der Waals surface area contributed by atoms with E-state index in [0.29, 0.717) is 18.9 Å². The van der Waals surface area contributed by atoms with Gasteiger partial charge in [0.25, 0.3) is 5.91 Å². The summed E-state index contributed by atoms with van der Waals surface area (Å²) < 4.78 is 10.3. The number of para-hydroxylation sites is 1. The molecule has 0 unspecified atom stereocenters. The van der Waals surface area contributed by atoms with E-state index in [4.69, 9.17) is 9.47 Å². The molecule has 1 saturated heterocycles. The fourth-order valence-corrected chi connectivity index (χ4v) is 2.36. The van der Waals surface area contributed by atoms with Crippen molar-refractivity contribution in [2.24, 2.45) is 0 Å². The largest absolute Gasteiger partial charge is 0.484 e. The van der Waals surface area contributed by atoms with Crippen LogP contribution in [0.4, 0.5) is 10.5 Å². The first kappa shape index (κ1) is 17.4. The third kappa shape index (κ3) is 4.77. The van der Waals surface area contributed by atoms with Crippen molar-refractivity contribution in [2.45, 2.75) is 0 Å². The van der Waals surface area contributed by atoms with Crippen molar-refractivity contribution in [3.8, 4) is 17.6 Å². The first-order chi connectivity index (χ1) is 12.7. The van der Waals surface area contributed by atoms with Gasteiger partial charge in [0.05, 0.1) is 13.1 Å². The maximum absolute atomic E-state index is 11.7. The number of benzene rings is 2. The molecule has 1 N–H and O–H groups in total. The zero-order chi connectivity index (χ0) is 18.2. The molecule has 2 aromatic carbocycles. The predicted molar refractivity (Wildman–Crippen MR) is 97.0 cm³/mol. The van der Waals surface area contributed by atoms with E-state index in [-0.39, 0.29) is 25.2 Å². The Morgan fingerprint density at radius 3 is 2.62 bits per heavy atom. The van der Waals surface area contributed by atoms with Crippen LogP contribution < -0.4 is 15.0 Å². The van der Waals surface area contributed by atoms with Crippen molar-refractivity contribution in [1.82, 2.24) is 5.32 Å². The zero-order valence-electron chi connectivity index (χ0n) is 14.1. The van der Waals surface area contributed by atoms with Crippen molar-refractivity contribution in [2.75, 3.05) is 31.2 Å². The molecular formula is C20H18N2O4. The number of cyclic esters (lactones) is 1. The molecule has 0 atom stereocenters. The summed E-state index contributed by atoms with van der Waals surface area (Å²) in [4.78, 5) is 24.8. The maximum atomic E-state index is 11.7. The van der Waals surface area contributed by atoms with Gasteiger partial charge in [-0.15, -0.1) is 0 Å². The lowest BCUT2D eigenvalue weighted by Crippen LogP contribution is -2.29. The van der Waals surface area contributed by atoms with E-state index in [9.17, 15) is 9.59 Å². The molecule has 0 radical (unpaired) electrons. The van der Waals surface area contributed by atoms with Gasteiger partial charge in [0.1, 0.15) is 12.4 Å². The third-order valence-electron chi connectivity index (χ3n) is 3.66. The number of hydrogen-bond donors (Lipinski definition) is 1. The van der Waals surface area contributed by atoms with E-state index in [1.54, 1.807) is 17.0 Å². The van der Waals surface area contributed by atoms with E-state index in [1.165, 1.54) is 0 Å². The molecule has 0 spiro atoms.